The normalized spacial score (nSPS) is 11.3. The van der Waals surface area contributed by atoms with Crippen molar-refractivity contribution >= 4 is 17.4 Å². The molecule has 0 radical (unpaired) electrons. The molecule has 0 saturated carbocycles. The second-order valence-corrected chi connectivity index (χ2v) is 4.98. The number of ketones is 1. The van der Waals surface area contributed by atoms with Crippen LogP contribution in [0.3, 0.4) is 0 Å². The van der Waals surface area contributed by atoms with E-state index in [2.05, 4.69) is 11.4 Å². The number of amides is 1. The highest BCUT2D eigenvalue weighted by Crippen LogP contribution is 2.21. The number of Topliss-reactive ketones (excluding diaryl/α,β-unsaturated/α-hetero) is 1. The third-order valence-electron chi connectivity index (χ3n) is 3.27. The van der Waals surface area contributed by atoms with Gasteiger partial charge in [0.1, 0.15) is 0 Å². The molecular formula is C18H16N2O2. The van der Waals surface area contributed by atoms with Gasteiger partial charge in [-0.05, 0) is 29.8 Å². The highest BCUT2D eigenvalue weighted by atomic mass is 16.1. The molecule has 2 aromatic carbocycles. The minimum atomic E-state index is -0.455. The molecule has 0 heterocycles. The van der Waals surface area contributed by atoms with E-state index in [1.807, 2.05) is 30.3 Å². The molecule has 1 N–H and O–H groups in total. The number of carbonyl (C=O) groups excluding carboxylic acids is 2. The number of hydrogen-bond acceptors (Lipinski definition) is 3. The lowest BCUT2D eigenvalue weighted by Crippen LogP contribution is -2.08. The van der Waals surface area contributed by atoms with Crippen LogP contribution in [0, 0.1) is 11.3 Å². The molecule has 2 rings (SSSR count). The highest BCUT2D eigenvalue weighted by Gasteiger charge is 2.16. The van der Waals surface area contributed by atoms with Gasteiger partial charge < -0.3 is 5.32 Å². The molecule has 0 spiro atoms. The van der Waals surface area contributed by atoms with Crippen molar-refractivity contribution in [1.82, 2.24) is 0 Å². The van der Waals surface area contributed by atoms with E-state index in [1.54, 1.807) is 24.3 Å². The minimum absolute atomic E-state index is 0.0928. The van der Waals surface area contributed by atoms with Crippen molar-refractivity contribution < 1.29 is 9.59 Å². The molecule has 0 fully saturated rings. The molecule has 4 heteroatoms. The van der Waals surface area contributed by atoms with Crippen LogP contribution in [0.15, 0.2) is 54.6 Å². The van der Waals surface area contributed by atoms with E-state index in [-0.39, 0.29) is 18.1 Å². The average molecular weight is 292 g/mol. The van der Waals surface area contributed by atoms with Crippen LogP contribution in [0.5, 0.6) is 0 Å². The van der Waals surface area contributed by atoms with Gasteiger partial charge in [0, 0.05) is 24.6 Å². The van der Waals surface area contributed by atoms with Crippen molar-refractivity contribution in [2.75, 3.05) is 5.32 Å². The minimum Gasteiger partial charge on any atom is -0.326 e. The Bertz CT molecular complexity index is 700. The number of nitriles is 1. The summed E-state index contributed by atoms with van der Waals surface area (Å²) in [5.41, 5.74) is 2.02. The maximum atomic E-state index is 12.3. The average Bonchev–Trinajstić information content (AvgIpc) is 2.53. The van der Waals surface area contributed by atoms with Crippen LogP contribution in [0.4, 0.5) is 5.69 Å². The first-order chi connectivity index (χ1) is 10.6. The third-order valence-corrected chi connectivity index (χ3v) is 3.27. The van der Waals surface area contributed by atoms with Crippen molar-refractivity contribution in [1.29, 1.82) is 5.26 Å². The van der Waals surface area contributed by atoms with Gasteiger partial charge in [0.15, 0.2) is 5.78 Å². The number of carbonyl (C=O) groups is 2. The fourth-order valence-electron chi connectivity index (χ4n) is 2.17. The van der Waals surface area contributed by atoms with Crippen LogP contribution >= 0.6 is 0 Å². The largest absolute Gasteiger partial charge is 0.326 e. The summed E-state index contributed by atoms with van der Waals surface area (Å²) in [5, 5.41) is 11.9. The standard InChI is InChI=1S/C18H16N2O2/c1-13(21)20-17-9-7-15(8-10-17)18(22)11-16(12-19)14-5-3-2-4-6-14/h2-10,16H,11H2,1H3,(H,20,21)/t16-/m1/s1. The van der Waals surface area contributed by atoms with E-state index in [4.69, 9.17) is 0 Å². The van der Waals surface area contributed by atoms with Crippen LogP contribution in [-0.4, -0.2) is 11.7 Å². The number of rotatable bonds is 5. The molecule has 0 saturated heterocycles. The quantitative estimate of drug-likeness (QED) is 0.857. The Kier molecular flexibility index (Phi) is 5.05. The summed E-state index contributed by atoms with van der Waals surface area (Å²) in [6.07, 6.45) is 0.139. The van der Waals surface area contributed by atoms with Crippen LogP contribution in [0.2, 0.25) is 0 Å². The van der Waals surface area contributed by atoms with Crippen molar-refractivity contribution in [2.45, 2.75) is 19.3 Å². The molecule has 110 valence electrons. The fourth-order valence-corrected chi connectivity index (χ4v) is 2.17. The summed E-state index contributed by atoms with van der Waals surface area (Å²) in [6, 6.07) is 18.1. The lowest BCUT2D eigenvalue weighted by molar-refractivity contribution is -0.114. The molecule has 1 atom stereocenters. The molecule has 4 nitrogen and oxygen atoms in total. The van der Waals surface area contributed by atoms with E-state index < -0.39 is 5.92 Å². The molecule has 22 heavy (non-hydrogen) atoms. The smallest absolute Gasteiger partial charge is 0.221 e. The van der Waals surface area contributed by atoms with Gasteiger partial charge in [-0.25, -0.2) is 0 Å². The Balaban J connectivity index is 2.08. The number of anilines is 1. The van der Waals surface area contributed by atoms with Crippen molar-refractivity contribution in [3.63, 3.8) is 0 Å². The van der Waals surface area contributed by atoms with Gasteiger partial charge in [-0.15, -0.1) is 0 Å². The molecule has 0 unspecified atom stereocenters. The number of hydrogen-bond donors (Lipinski definition) is 1. The molecule has 2 aromatic rings. The van der Waals surface area contributed by atoms with Crippen molar-refractivity contribution in [3.05, 3.63) is 65.7 Å². The Labute approximate surface area is 129 Å². The van der Waals surface area contributed by atoms with Crippen molar-refractivity contribution in [2.24, 2.45) is 0 Å². The van der Waals surface area contributed by atoms with Crippen molar-refractivity contribution in [3.8, 4) is 6.07 Å². The van der Waals surface area contributed by atoms with Gasteiger partial charge in [-0.2, -0.15) is 5.26 Å². The highest BCUT2D eigenvalue weighted by molar-refractivity contribution is 5.97. The first-order valence-electron chi connectivity index (χ1n) is 6.95. The predicted octanol–water partition coefficient (Wildman–Crippen LogP) is 3.53. The van der Waals surface area contributed by atoms with E-state index >= 15 is 0 Å². The first-order valence-corrected chi connectivity index (χ1v) is 6.95. The predicted molar refractivity (Wildman–Crippen MR) is 84.5 cm³/mol. The van der Waals surface area contributed by atoms with E-state index in [0.29, 0.717) is 11.3 Å². The van der Waals surface area contributed by atoms with Crippen LogP contribution in [0.1, 0.15) is 35.2 Å². The maximum absolute atomic E-state index is 12.3. The molecule has 0 aliphatic rings. The Hall–Kier alpha value is -2.93. The van der Waals surface area contributed by atoms with Crippen LogP contribution in [-0.2, 0) is 4.79 Å². The second kappa shape index (κ2) is 7.19. The summed E-state index contributed by atoms with van der Waals surface area (Å²) in [5.74, 6) is -0.707. The summed E-state index contributed by atoms with van der Waals surface area (Å²) in [4.78, 5) is 23.2. The molecule has 1 amide bonds. The topological polar surface area (TPSA) is 70.0 Å². The number of nitrogens with one attached hydrogen (secondary N) is 1. The molecule has 0 aromatic heterocycles. The maximum Gasteiger partial charge on any atom is 0.221 e. The monoisotopic (exact) mass is 292 g/mol. The second-order valence-electron chi connectivity index (χ2n) is 4.98. The van der Waals surface area contributed by atoms with Gasteiger partial charge in [0.25, 0.3) is 0 Å². The summed E-state index contributed by atoms with van der Waals surface area (Å²) in [6.45, 7) is 1.43. The molecule has 0 aliphatic heterocycles. The fraction of sp³-hybridized carbons (Fsp3) is 0.167. The van der Waals surface area contributed by atoms with Gasteiger partial charge in [-0.3, -0.25) is 9.59 Å². The number of nitrogens with zero attached hydrogens (tertiary/aromatic N) is 1. The Morgan fingerprint density at radius 2 is 1.73 bits per heavy atom. The summed E-state index contributed by atoms with van der Waals surface area (Å²) in [7, 11) is 0. The molecule has 0 bridgehead atoms. The third kappa shape index (κ3) is 4.03. The SMILES string of the molecule is CC(=O)Nc1ccc(C(=O)C[C@H](C#N)c2ccccc2)cc1. The number of benzene rings is 2. The summed E-state index contributed by atoms with van der Waals surface area (Å²) >= 11 is 0. The molecular weight excluding hydrogens is 276 g/mol. The molecule has 0 aliphatic carbocycles. The van der Waals surface area contributed by atoms with Crippen LogP contribution in [0.25, 0.3) is 0 Å². The Morgan fingerprint density at radius 3 is 2.27 bits per heavy atom. The summed E-state index contributed by atoms with van der Waals surface area (Å²) < 4.78 is 0. The van der Waals surface area contributed by atoms with Gasteiger partial charge in [0.05, 0.1) is 12.0 Å². The zero-order valence-corrected chi connectivity index (χ0v) is 12.2. The zero-order valence-electron chi connectivity index (χ0n) is 12.2. The van der Waals surface area contributed by atoms with Gasteiger partial charge in [-0.1, -0.05) is 30.3 Å². The lowest BCUT2D eigenvalue weighted by atomic mass is 9.93. The van der Waals surface area contributed by atoms with E-state index in [1.165, 1.54) is 6.92 Å². The first kappa shape index (κ1) is 15.5. The zero-order chi connectivity index (χ0) is 15.9. The van der Waals surface area contributed by atoms with Gasteiger partial charge >= 0.3 is 0 Å². The van der Waals surface area contributed by atoms with E-state index in [9.17, 15) is 14.9 Å². The lowest BCUT2D eigenvalue weighted by Gasteiger charge is -2.09. The van der Waals surface area contributed by atoms with Crippen LogP contribution < -0.4 is 5.32 Å². The van der Waals surface area contributed by atoms with Gasteiger partial charge in [0.2, 0.25) is 5.91 Å². The Morgan fingerprint density at radius 1 is 1.09 bits per heavy atom. The van der Waals surface area contributed by atoms with E-state index in [0.717, 1.165) is 5.56 Å².